The number of benzene rings is 2. The highest BCUT2D eigenvalue weighted by molar-refractivity contribution is 5.46. The first-order valence-electron chi connectivity index (χ1n) is 8.88. The highest BCUT2D eigenvalue weighted by Crippen LogP contribution is 2.31. The Bertz CT molecular complexity index is 584. The van der Waals surface area contributed by atoms with Crippen LogP contribution in [0.2, 0.25) is 0 Å². The summed E-state index contributed by atoms with van der Waals surface area (Å²) >= 11 is 0. The number of rotatable bonds is 11. The molecular formula is C21H29NO2. The molecule has 0 spiro atoms. The van der Waals surface area contributed by atoms with E-state index >= 15 is 0 Å². The number of ether oxygens (including phenoxy) is 2. The summed E-state index contributed by atoms with van der Waals surface area (Å²) in [6.07, 6.45) is 4.81. The van der Waals surface area contributed by atoms with Crippen LogP contribution in [0.25, 0.3) is 0 Å². The van der Waals surface area contributed by atoms with Gasteiger partial charge in [0.15, 0.2) is 11.5 Å². The molecule has 3 heteroatoms. The van der Waals surface area contributed by atoms with E-state index in [9.17, 15) is 0 Å². The highest BCUT2D eigenvalue weighted by atomic mass is 16.5. The van der Waals surface area contributed by atoms with Crippen LogP contribution >= 0.6 is 0 Å². The van der Waals surface area contributed by atoms with Gasteiger partial charge in [0.25, 0.3) is 0 Å². The third-order valence-corrected chi connectivity index (χ3v) is 4.01. The molecule has 0 amide bonds. The minimum atomic E-state index is 0.742. The van der Waals surface area contributed by atoms with Gasteiger partial charge in [0, 0.05) is 18.7 Å². The maximum atomic E-state index is 6.04. The predicted octanol–water partition coefficient (Wildman–Crippen LogP) is 4.94. The van der Waals surface area contributed by atoms with Crippen LogP contribution in [0.5, 0.6) is 11.5 Å². The van der Waals surface area contributed by atoms with Crippen LogP contribution < -0.4 is 14.8 Å². The Kier molecular flexibility index (Phi) is 8.19. The normalized spacial score (nSPS) is 10.6. The van der Waals surface area contributed by atoms with Crippen LogP contribution in [-0.4, -0.2) is 13.7 Å². The molecule has 0 saturated heterocycles. The molecule has 0 heterocycles. The summed E-state index contributed by atoms with van der Waals surface area (Å²) in [5, 5.41) is 3.48. The summed E-state index contributed by atoms with van der Waals surface area (Å²) in [4.78, 5) is 0. The molecule has 0 atom stereocenters. The molecule has 0 bridgehead atoms. The lowest BCUT2D eigenvalue weighted by Crippen LogP contribution is -2.14. The molecule has 3 nitrogen and oxygen atoms in total. The third kappa shape index (κ3) is 5.89. The van der Waals surface area contributed by atoms with Gasteiger partial charge in [-0.15, -0.1) is 0 Å². The van der Waals surface area contributed by atoms with Gasteiger partial charge < -0.3 is 14.8 Å². The molecule has 2 rings (SSSR count). The van der Waals surface area contributed by atoms with E-state index in [0.29, 0.717) is 0 Å². The molecule has 0 aliphatic rings. The summed E-state index contributed by atoms with van der Waals surface area (Å²) in [6.45, 7) is 4.56. The van der Waals surface area contributed by atoms with Gasteiger partial charge >= 0.3 is 0 Å². The zero-order valence-electron chi connectivity index (χ0n) is 14.9. The Balaban J connectivity index is 1.92. The summed E-state index contributed by atoms with van der Waals surface area (Å²) in [5.41, 5.74) is 2.42. The smallest absolute Gasteiger partial charge is 0.165 e. The molecule has 2 aromatic carbocycles. The lowest BCUT2D eigenvalue weighted by Gasteiger charge is -2.15. The van der Waals surface area contributed by atoms with Crippen LogP contribution in [0.4, 0.5) is 0 Å². The van der Waals surface area contributed by atoms with E-state index in [0.717, 1.165) is 43.2 Å². The van der Waals surface area contributed by atoms with Crippen molar-refractivity contribution in [1.29, 1.82) is 0 Å². The average molecular weight is 327 g/mol. The monoisotopic (exact) mass is 327 g/mol. The number of unbranched alkanes of at least 4 members (excludes halogenated alkanes) is 3. The minimum absolute atomic E-state index is 0.742. The third-order valence-electron chi connectivity index (χ3n) is 4.01. The molecule has 0 unspecified atom stereocenters. The zero-order chi connectivity index (χ0) is 17.0. The Labute approximate surface area is 146 Å². The quantitative estimate of drug-likeness (QED) is 0.593. The van der Waals surface area contributed by atoms with Gasteiger partial charge in [0.1, 0.15) is 0 Å². The van der Waals surface area contributed by atoms with E-state index in [1.54, 1.807) is 7.11 Å². The van der Waals surface area contributed by atoms with Crippen molar-refractivity contribution in [2.75, 3.05) is 13.7 Å². The van der Waals surface area contributed by atoms with Crippen molar-refractivity contribution in [2.45, 2.75) is 45.7 Å². The largest absolute Gasteiger partial charge is 0.493 e. The van der Waals surface area contributed by atoms with Crippen molar-refractivity contribution in [1.82, 2.24) is 5.32 Å². The van der Waals surface area contributed by atoms with E-state index in [-0.39, 0.29) is 0 Å². The molecule has 0 aliphatic heterocycles. The Morgan fingerprint density at radius 2 is 1.71 bits per heavy atom. The molecule has 0 radical (unpaired) electrons. The second kappa shape index (κ2) is 10.7. The molecule has 2 aromatic rings. The van der Waals surface area contributed by atoms with E-state index < -0.39 is 0 Å². The SMILES string of the molecule is CCCCCCOc1c(CNCc2ccccc2)cccc1OC. The Morgan fingerprint density at radius 1 is 0.875 bits per heavy atom. The molecule has 1 N–H and O–H groups in total. The molecule has 0 aliphatic carbocycles. The molecule has 24 heavy (non-hydrogen) atoms. The van der Waals surface area contributed by atoms with Crippen LogP contribution in [0, 0.1) is 0 Å². The Morgan fingerprint density at radius 3 is 2.46 bits per heavy atom. The maximum Gasteiger partial charge on any atom is 0.165 e. The second-order valence-corrected chi connectivity index (χ2v) is 5.95. The van der Waals surface area contributed by atoms with Crippen LogP contribution in [-0.2, 0) is 13.1 Å². The van der Waals surface area contributed by atoms with Gasteiger partial charge in [-0.25, -0.2) is 0 Å². The van der Waals surface area contributed by atoms with Crippen LogP contribution in [0.1, 0.15) is 43.7 Å². The fraction of sp³-hybridized carbons (Fsp3) is 0.429. The van der Waals surface area contributed by atoms with Crippen molar-refractivity contribution in [3.63, 3.8) is 0 Å². The first-order chi connectivity index (χ1) is 11.8. The van der Waals surface area contributed by atoms with Crippen molar-refractivity contribution in [3.8, 4) is 11.5 Å². The van der Waals surface area contributed by atoms with Gasteiger partial charge in [-0.2, -0.15) is 0 Å². The van der Waals surface area contributed by atoms with E-state index in [1.807, 2.05) is 18.2 Å². The van der Waals surface area contributed by atoms with Gasteiger partial charge in [-0.1, -0.05) is 68.7 Å². The number of hydrogen-bond donors (Lipinski definition) is 1. The summed E-state index contributed by atoms with van der Waals surface area (Å²) < 4.78 is 11.5. The molecule has 0 saturated carbocycles. The zero-order valence-corrected chi connectivity index (χ0v) is 14.9. The molecular weight excluding hydrogens is 298 g/mol. The highest BCUT2D eigenvalue weighted by Gasteiger charge is 2.10. The first-order valence-corrected chi connectivity index (χ1v) is 8.88. The number of hydrogen-bond acceptors (Lipinski definition) is 3. The Hall–Kier alpha value is -2.00. The van der Waals surface area contributed by atoms with Crippen LogP contribution in [0.3, 0.4) is 0 Å². The number of methoxy groups -OCH3 is 1. The van der Waals surface area contributed by atoms with Gasteiger partial charge in [0.05, 0.1) is 13.7 Å². The predicted molar refractivity (Wildman–Crippen MR) is 99.6 cm³/mol. The summed E-state index contributed by atoms with van der Waals surface area (Å²) in [7, 11) is 1.69. The van der Waals surface area contributed by atoms with Gasteiger partial charge in [-0.3, -0.25) is 0 Å². The van der Waals surface area contributed by atoms with Crippen LogP contribution in [0.15, 0.2) is 48.5 Å². The number of para-hydroxylation sites is 1. The summed E-state index contributed by atoms with van der Waals surface area (Å²) in [6, 6.07) is 16.5. The minimum Gasteiger partial charge on any atom is -0.493 e. The van der Waals surface area contributed by atoms with Gasteiger partial charge in [-0.05, 0) is 18.1 Å². The average Bonchev–Trinajstić information content (AvgIpc) is 2.63. The van der Waals surface area contributed by atoms with Crippen molar-refractivity contribution in [3.05, 3.63) is 59.7 Å². The van der Waals surface area contributed by atoms with E-state index in [2.05, 4.69) is 42.6 Å². The fourth-order valence-electron chi connectivity index (χ4n) is 2.67. The standard InChI is InChI=1S/C21H29NO2/c1-3-4-5-9-15-24-21-19(13-10-14-20(21)23-2)17-22-16-18-11-7-6-8-12-18/h6-8,10-14,22H,3-5,9,15-17H2,1-2H3. The second-order valence-electron chi connectivity index (χ2n) is 5.95. The van der Waals surface area contributed by atoms with Crippen molar-refractivity contribution >= 4 is 0 Å². The topological polar surface area (TPSA) is 30.5 Å². The lowest BCUT2D eigenvalue weighted by molar-refractivity contribution is 0.281. The van der Waals surface area contributed by atoms with E-state index in [1.165, 1.54) is 24.8 Å². The van der Waals surface area contributed by atoms with Gasteiger partial charge in [0.2, 0.25) is 0 Å². The molecule has 0 aromatic heterocycles. The van der Waals surface area contributed by atoms with Crippen molar-refractivity contribution < 1.29 is 9.47 Å². The summed E-state index contributed by atoms with van der Waals surface area (Å²) in [5.74, 6) is 1.68. The van der Waals surface area contributed by atoms with E-state index in [4.69, 9.17) is 9.47 Å². The van der Waals surface area contributed by atoms with Crippen molar-refractivity contribution in [2.24, 2.45) is 0 Å². The lowest BCUT2D eigenvalue weighted by atomic mass is 10.1. The number of nitrogens with one attached hydrogen (secondary N) is 1. The maximum absolute atomic E-state index is 6.04. The first kappa shape index (κ1) is 18.3. The molecule has 0 fully saturated rings. The molecule has 130 valence electrons. The fourth-order valence-corrected chi connectivity index (χ4v) is 2.67.